The van der Waals surface area contributed by atoms with Crippen molar-refractivity contribution in [3.8, 4) is 0 Å². The summed E-state index contributed by atoms with van der Waals surface area (Å²) in [6, 6.07) is 8.54. The highest BCUT2D eigenvalue weighted by Gasteiger charge is 2.29. The topological polar surface area (TPSA) is 31.2 Å². The van der Waals surface area contributed by atoms with Crippen molar-refractivity contribution in [3.05, 3.63) is 34.4 Å². The Morgan fingerprint density at radius 1 is 1.42 bits per heavy atom. The summed E-state index contributed by atoms with van der Waals surface area (Å²) in [7, 11) is 0. The van der Waals surface area contributed by atoms with Crippen LogP contribution in [-0.4, -0.2) is 17.1 Å². The highest BCUT2D eigenvalue weighted by molar-refractivity contribution is 9.10. The first-order chi connectivity index (χ1) is 9.24. The van der Waals surface area contributed by atoms with Gasteiger partial charge in [0, 0.05) is 11.4 Å². The average Bonchev–Trinajstić information content (AvgIpc) is 2.63. The first kappa shape index (κ1) is 12.7. The van der Waals surface area contributed by atoms with Gasteiger partial charge in [-0.1, -0.05) is 18.2 Å². The van der Waals surface area contributed by atoms with Crippen LogP contribution in [-0.2, 0) is 4.74 Å². The molecule has 1 aliphatic rings. The Kier molecular flexibility index (Phi) is 3.35. The van der Waals surface area contributed by atoms with Crippen LogP contribution in [0.2, 0.25) is 0 Å². The van der Waals surface area contributed by atoms with E-state index in [4.69, 9.17) is 4.74 Å². The lowest BCUT2D eigenvalue weighted by molar-refractivity contribution is 0.0507. The normalized spacial score (nSPS) is 15.5. The third-order valence-electron chi connectivity index (χ3n) is 3.76. The molecule has 0 aliphatic heterocycles. The molecule has 0 N–H and O–H groups in total. The zero-order valence-electron chi connectivity index (χ0n) is 10.9. The first-order valence-corrected chi connectivity index (χ1v) is 7.49. The lowest BCUT2D eigenvalue weighted by atomic mass is 9.92. The maximum Gasteiger partial charge on any atom is 0.356 e. The number of ether oxygens (including phenoxy) is 1. The summed E-state index contributed by atoms with van der Waals surface area (Å²) < 4.78 is 8.22. The number of rotatable bonds is 3. The summed E-state index contributed by atoms with van der Waals surface area (Å²) in [5.74, 6) is -0.238. The number of nitrogens with zero attached hydrogens (tertiary/aromatic N) is 1. The van der Waals surface area contributed by atoms with Gasteiger partial charge in [0.15, 0.2) is 0 Å². The molecule has 3 nitrogen and oxygen atoms in total. The van der Waals surface area contributed by atoms with Gasteiger partial charge in [-0.3, -0.25) is 0 Å². The number of esters is 1. The van der Waals surface area contributed by atoms with Crippen molar-refractivity contribution in [1.82, 2.24) is 4.57 Å². The highest BCUT2D eigenvalue weighted by atomic mass is 79.9. The molecule has 1 heterocycles. The maximum atomic E-state index is 12.2. The van der Waals surface area contributed by atoms with Crippen molar-refractivity contribution >= 4 is 32.8 Å². The summed E-state index contributed by atoms with van der Waals surface area (Å²) in [5.41, 5.74) is 1.77. The van der Waals surface area contributed by atoms with Gasteiger partial charge in [0.25, 0.3) is 0 Å². The minimum Gasteiger partial charge on any atom is -0.461 e. The third-order valence-corrected chi connectivity index (χ3v) is 4.56. The van der Waals surface area contributed by atoms with Gasteiger partial charge in [0.1, 0.15) is 5.69 Å². The van der Waals surface area contributed by atoms with Crippen molar-refractivity contribution in [3.63, 3.8) is 0 Å². The van der Waals surface area contributed by atoms with Crippen LogP contribution in [0.15, 0.2) is 28.7 Å². The number of carbonyl (C=O) groups excluding carboxylic acids is 1. The van der Waals surface area contributed by atoms with Crippen LogP contribution >= 0.6 is 15.9 Å². The maximum absolute atomic E-state index is 12.2. The summed E-state index contributed by atoms with van der Waals surface area (Å²) in [6.45, 7) is 2.24. The van der Waals surface area contributed by atoms with Crippen molar-refractivity contribution in [1.29, 1.82) is 0 Å². The fourth-order valence-corrected chi connectivity index (χ4v) is 3.32. The largest absolute Gasteiger partial charge is 0.461 e. The van der Waals surface area contributed by atoms with Gasteiger partial charge in [-0.2, -0.15) is 0 Å². The van der Waals surface area contributed by atoms with Crippen molar-refractivity contribution in [2.75, 3.05) is 6.61 Å². The summed E-state index contributed by atoms with van der Waals surface area (Å²) in [4.78, 5) is 12.2. The van der Waals surface area contributed by atoms with E-state index in [-0.39, 0.29) is 5.97 Å². The van der Waals surface area contributed by atoms with E-state index in [1.807, 2.05) is 25.1 Å². The van der Waals surface area contributed by atoms with Crippen LogP contribution in [0, 0.1) is 0 Å². The molecule has 1 saturated carbocycles. The van der Waals surface area contributed by atoms with Crippen LogP contribution in [0.1, 0.15) is 42.7 Å². The molecule has 1 aliphatic carbocycles. The molecule has 0 radical (unpaired) electrons. The summed E-state index contributed by atoms with van der Waals surface area (Å²) in [5, 5.41) is 1.08. The monoisotopic (exact) mass is 321 g/mol. The molecule has 0 amide bonds. The molecule has 0 saturated heterocycles. The van der Waals surface area contributed by atoms with Crippen molar-refractivity contribution < 1.29 is 9.53 Å². The SMILES string of the molecule is CCOC(=O)c1c(Br)c2ccccc2n1C1CCC1. The third kappa shape index (κ3) is 1.98. The van der Waals surface area contributed by atoms with Crippen LogP contribution in [0.4, 0.5) is 0 Å². The van der Waals surface area contributed by atoms with Gasteiger partial charge >= 0.3 is 5.97 Å². The van der Waals surface area contributed by atoms with Gasteiger partial charge in [-0.25, -0.2) is 4.79 Å². The van der Waals surface area contributed by atoms with Gasteiger partial charge in [0.05, 0.1) is 16.6 Å². The predicted octanol–water partition coefficient (Wildman–Crippen LogP) is 4.31. The number of hydrogen-bond donors (Lipinski definition) is 0. The van der Waals surface area contributed by atoms with E-state index in [1.165, 1.54) is 6.42 Å². The van der Waals surface area contributed by atoms with Gasteiger partial charge < -0.3 is 9.30 Å². The minimum atomic E-state index is -0.238. The Labute approximate surface area is 120 Å². The fraction of sp³-hybridized carbons (Fsp3) is 0.400. The number of carbonyl (C=O) groups is 1. The highest BCUT2D eigenvalue weighted by Crippen LogP contribution is 2.40. The lowest BCUT2D eigenvalue weighted by Gasteiger charge is -2.29. The minimum absolute atomic E-state index is 0.238. The van der Waals surface area contributed by atoms with E-state index in [2.05, 4.69) is 26.6 Å². The molecule has 1 aromatic heterocycles. The van der Waals surface area contributed by atoms with E-state index in [0.717, 1.165) is 28.2 Å². The Morgan fingerprint density at radius 2 is 2.16 bits per heavy atom. The summed E-state index contributed by atoms with van der Waals surface area (Å²) >= 11 is 3.57. The molecular weight excluding hydrogens is 306 g/mol. The van der Waals surface area contributed by atoms with E-state index in [9.17, 15) is 4.79 Å². The van der Waals surface area contributed by atoms with Crippen LogP contribution in [0.5, 0.6) is 0 Å². The van der Waals surface area contributed by atoms with Gasteiger partial charge in [0.2, 0.25) is 0 Å². The standard InChI is InChI=1S/C15H16BrNO2/c1-2-19-15(18)14-13(16)11-8-3-4-9-12(11)17(14)10-6-5-7-10/h3-4,8-10H,2,5-7H2,1H3. The molecule has 0 unspecified atom stereocenters. The fourth-order valence-electron chi connectivity index (χ4n) is 2.63. The predicted molar refractivity (Wildman–Crippen MR) is 78.5 cm³/mol. The van der Waals surface area contributed by atoms with E-state index >= 15 is 0 Å². The Hall–Kier alpha value is -1.29. The molecular formula is C15H16BrNO2. The Morgan fingerprint density at radius 3 is 2.79 bits per heavy atom. The van der Waals surface area contributed by atoms with E-state index < -0.39 is 0 Å². The Bertz CT molecular complexity index is 628. The summed E-state index contributed by atoms with van der Waals surface area (Å²) in [6.07, 6.45) is 3.51. The van der Waals surface area contributed by atoms with Crippen molar-refractivity contribution in [2.24, 2.45) is 0 Å². The average molecular weight is 322 g/mol. The molecule has 0 spiro atoms. The van der Waals surface area contributed by atoms with E-state index in [0.29, 0.717) is 18.3 Å². The molecule has 2 aromatic rings. The van der Waals surface area contributed by atoms with Gasteiger partial charge in [-0.05, 0) is 48.2 Å². The lowest BCUT2D eigenvalue weighted by Crippen LogP contribution is -2.22. The molecule has 3 rings (SSSR count). The number of hydrogen-bond acceptors (Lipinski definition) is 2. The smallest absolute Gasteiger partial charge is 0.356 e. The molecule has 19 heavy (non-hydrogen) atoms. The molecule has 0 atom stereocenters. The number of fused-ring (bicyclic) bond motifs is 1. The van der Waals surface area contributed by atoms with Crippen LogP contribution < -0.4 is 0 Å². The van der Waals surface area contributed by atoms with Gasteiger partial charge in [-0.15, -0.1) is 0 Å². The molecule has 1 aromatic carbocycles. The second-order valence-electron chi connectivity index (χ2n) is 4.85. The zero-order valence-corrected chi connectivity index (χ0v) is 12.4. The van der Waals surface area contributed by atoms with Crippen molar-refractivity contribution in [2.45, 2.75) is 32.2 Å². The van der Waals surface area contributed by atoms with E-state index in [1.54, 1.807) is 0 Å². The molecule has 4 heteroatoms. The quantitative estimate of drug-likeness (QED) is 0.789. The molecule has 1 fully saturated rings. The Balaban J connectivity index is 2.22. The number of aromatic nitrogens is 1. The van der Waals surface area contributed by atoms with Crippen LogP contribution in [0.3, 0.4) is 0 Å². The number of benzene rings is 1. The molecule has 0 bridgehead atoms. The second kappa shape index (κ2) is 5.00. The second-order valence-corrected chi connectivity index (χ2v) is 5.65. The first-order valence-electron chi connectivity index (χ1n) is 6.69. The molecule has 100 valence electrons. The zero-order chi connectivity index (χ0) is 13.4. The van der Waals surface area contributed by atoms with Crippen LogP contribution in [0.25, 0.3) is 10.9 Å². The number of para-hydroxylation sites is 1. The number of halogens is 1.